The minimum atomic E-state index is -1.20. The summed E-state index contributed by atoms with van der Waals surface area (Å²) in [5.41, 5.74) is 0.612. The molecule has 2 fully saturated rings. The molecule has 14 nitrogen and oxygen atoms in total. The molecular weight excluding hydrogens is 990 g/mol. The molecule has 0 radical (unpaired) electrons. The summed E-state index contributed by atoms with van der Waals surface area (Å²) in [6.07, 6.45) is 1.95. The zero-order valence-corrected chi connectivity index (χ0v) is 39.0. The predicted molar refractivity (Wildman–Crippen MR) is 207 cm³/mol. The van der Waals surface area contributed by atoms with Crippen molar-refractivity contribution in [2.24, 2.45) is 11.8 Å². The lowest BCUT2D eigenvalue weighted by atomic mass is 9.95. The summed E-state index contributed by atoms with van der Waals surface area (Å²) < 4.78 is 33.9. The maximum atomic E-state index is 13.4. The van der Waals surface area contributed by atoms with Gasteiger partial charge in [0.2, 0.25) is 12.2 Å². The quantitative estimate of drug-likeness (QED) is 0.0501. The molecule has 0 amide bonds. The first kappa shape index (κ1) is 51.8. The molecule has 4 rings (SSSR count). The first-order valence-electron chi connectivity index (χ1n) is 20.2. The van der Waals surface area contributed by atoms with Gasteiger partial charge in [-0.25, -0.2) is 19.2 Å². The van der Waals surface area contributed by atoms with Crippen LogP contribution in [0.25, 0.3) is 0 Å². The second-order valence-corrected chi connectivity index (χ2v) is 15.5. The van der Waals surface area contributed by atoms with E-state index in [1.807, 2.05) is 14.1 Å². The van der Waals surface area contributed by atoms with Crippen LogP contribution >= 0.6 is 0 Å². The first-order chi connectivity index (χ1) is 27.3. The molecule has 2 saturated heterocycles. The van der Waals surface area contributed by atoms with Crippen LogP contribution < -0.4 is 48.0 Å². The van der Waals surface area contributed by atoms with Crippen LogP contribution in [-0.4, -0.2) is 137 Å². The van der Waals surface area contributed by atoms with Crippen LogP contribution in [0, 0.1) is 11.8 Å². The topological polar surface area (TPSA) is 158 Å². The van der Waals surface area contributed by atoms with Crippen LogP contribution in [0.5, 0.6) is 0 Å². The molecule has 2 aliphatic rings. The van der Waals surface area contributed by atoms with E-state index < -0.39 is 36.1 Å². The number of nitrogens with zero attached hydrogens (tertiary/aromatic N) is 2. The molecule has 0 spiro atoms. The Morgan fingerprint density at radius 1 is 0.576 bits per heavy atom. The lowest BCUT2D eigenvalue weighted by molar-refractivity contribution is -0.918. The highest BCUT2D eigenvalue weighted by molar-refractivity contribution is 5.92. The van der Waals surface area contributed by atoms with Crippen molar-refractivity contribution < 1.29 is 114 Å². The Morgan fingerprint density at radius 2 is 0.949 bits per heavy atom. The fourth-order valence-electron chi connectivity index (χ4n) is 7.68. The van der Waals surface area contributed by atoms with Gasteiger partial charge in [-0.2, -0.15) is 0 Å². The summed E-state index contributed by atoms with van der Waals surface area (Å²) in [6.45, 7) is 6.77. The number of ether oxygens (including phenoxy) is 6. The first-order valence-corrected chi connectivity index (χ1v) is 20.2. The predicted octanol–water partition coefficient (Wildman–Crippen LogP) is -1.46. The number of hydrogen-bond acceptors (Lipinski definition) is 12. The second kappa shape index (κ2) is 26.1. The molecule has 2 aliphatic heterocycles. The van der Waals surface area contributed by atoms with Gasteiger partial charge in [-0.1, -0.05) is 36.4 Å². The zero-order valence-electron chi connectivity index (χ0n) is 34.7. The van der Waals surface area contributed by atoms with E-state index in [0.717, 1.165) is 12.8 Å². The van der Waals surface area contributed by atoms with Crippen molar-refractivity contribution in [3.8, 4) is 0 Å². The van der Waals surface area contributed by atoms with Gasteiger partial charge in [0.15, 0.2) is 0 Å². The highest BCUT2D eigenvalue weighted by Crippen LogP contribution is 2.26. The SMILES string of the molecule is CCOC(=O)C1CCC[N+](C)(CC(OC(=O)c2ccccc2)C(=O)OCCCCCOC(=O)C(C[N+]2(C)CCCC(C(=O)OCC)C2)OC(=O)c2ccccc2)C1.[I-].[I-]. The molecule has 328 valence electrons. The number of piperidine rings is 2. The monoisotopic (exact) mass is 1050 g/mol. The summed E-state index contributed by atoms with van der Waals surface area (Å²) in [7, 11) is 3.87. The third-order valence-corrected chi connectivity index (χ3v) is 10.6. The van der Waals surface area contributed by atoms with E-state index in [1.165, 1.54) is 0 Å². The molecule has 0 saturated carbocycles. The third kappa shape index (κ3) is 16.9. The van der Waals surface area contributed by atoms with E-state index in [4.69, 9.17) is 28.4 Å². The Hall–Kier alpha value is -3.36. The lowest BCUT2D eigenvalue weighted by Crippen LogP contribution is -3.00. The number of carbonyl (C=O) groups excluding carboxylic acids is 6. The molecule has 6 unspecified atom stereocenters. The number of quaternary nitrogens is 2. The Kier molecular flexibility index (Phi) is 22.9. The molecular formula is C43H60I2N2O12. The molecule has 2 aromatic carbocycles. The van der Waals surface area contributed by atoms with Gasteiger partial charge in [0, 0.05) is 0 Å². The Balaban J connectivity index is 0.00000600. The Labute approximate surface area is 382 Å². The second-order valence-electron chi connectivity index (χ2n) is 15.5. The van der Waals surface area contributed by atoms with Crippen molar-refractivity contribution in [1.82, 2.24) is 0 Å². The molecule has 2 heterocycles. The standard InChI is InChI=1S/C43H60N2O12.2HI/c1-5-52-38(46)34-22-16-24-44(3,28-34)30-36(56-40(48)32-18-10-7-11-19-32)42(50)54-26-14-9-15-27-55-43(51)37(57-41(49)33-20-12-8-13-21-33)31-45(4)25-17-23-35(29-45)39(47)53-6-2;;/h7-8,10-13,18-21,34-37H,5-6,9,14-17,22-31H2,1-4H3;2*1H/q+2;;/p-2. The van der Waals surface area contributed by atoms with Crippen LogP contribution in [0.2, 0.25) is 0 Å². The molecule has 0 bridgehead atoms. The van der Waals surface area contributed by atoms with Gasteiger partial charge in [0.25, 0.3) is 0 Å². The van der Waals surface area contributed by atoms with E-state index in [2.05, 4.69) is 0 Å². The maximum Gasteiger partial charge on any atom is 0.353 e. The van der Waals surface area contributed by atoms with Crippen LogP contribution in [0.15, 0.2) is 60.7 Å². The van der Waals surface area contributed by atoms with Crippen molar-refractivity contribution in [3.63, 3.8) is 0 Å². The van der Waals surface area contributed by atoms with Gasteiger partial charge in [-0.3, -0.25) is 9.59 Å². The molecule has 59 heavy (non-hydrogen) atoms. The van der Waals surface area contributed by atoms with Gasteiger partial charge in [-0.05, 0) is 83.1 Å². The number of rotatable bonds is 20. The van der Waals surface area contributed by atoms with Crippen molar-refractivity contribution in [1.29, 1.82) is 0 Å². The van der Waals surface area contributed by atoms with Gasteiger partial charge in [0.1, 0.15) is 24.9 Å². The number of likely N-dealkylation sites (tertiary alicyclic amines) is 2. The summed E-state index contributed by atoms with van der Waals surface area (Å²) in [5, 5.41) is 0. The highest BCUT2D eigenvalue weighted by atomic mass is 127. The third-order valence-electron chi connectivity index (χ3n) is 10.6. The molecule has 0 N–H and O–H groups in total. The van der Waals surface area contributed by atoms with E-state index >= 15 is 0 Å². The van der Waals surface area contributed by atoms with Crippen molar-refractivity contribution in [3.05, 3.63) is 71.8 Å². The summed E-state index contributed by atoms with van der Waals surface area (Å²) in [5.74, 6) is -3.80. The van der Waals surface area contributed by atoms with Crippen LogP contribution in [0.3, 0.4) is 0 Å². The van der Waals surface area contributed by atoms with Crippen LogP contribution in [0.1, 0.15) is 79.5 Å². The van der Waals surface area contributed by atoms with Crippen molar-refractivity contribution >= 4 is 35.8 Å². The van der Waals surface area contributed by atoms with E-state index in [1.54, 1.807) is 74.5 Å². The molecule has 0 aliphatic carbocycles. The molecule has 2 aromatic rings. The number of carbonyl (C=O) groups is 6. The van der Waals surface area contributed by atoms with Crippen LogP contribution in [-0.2, 0) is 47.6 Å². The van der Waals surface area contributed by atoms with Crippen molar-refractivity contribution in [2.45, 2.75) is 71.0 Å². The highest BCUT2D eigenvalue weighted by Gasteiger charge is 2.42. The smallest absolute Gasteiger partial charge is 0.353 e. The summed E-state index contributed by atoms with van der Waals surface area (Å²) in [6, 6.07) is 16.8. The van der Waals surface area contributed by atoms with E-state index in [-0.39, 0.29) is 111 Å². The molecule has 0 aromatic heterocycles. The summed E-state index contributed by atoms with van der Waals surface area (Å²) >= 11 is 0. The minimum Gasteiger partial charge on any atom is -1.00 e. The van der Waals surface area contributed by atoms with Crippen molar-refractivity contribution in [2.75, 3.05) is 79.8 Å². The Bertz CT molecular complexity index is 1530. The van der Waals surface area contributed by atoms with Gasteiger partial charge in [0.05, 0.1) is 77.8 Å². The molecule has 6 atom stereocenters. The number of likely N-dealkylation sites (N-methyl/N-ethyl adjacent to an activating group) is 2. The number of esters is 6. The number of benzene rings is 2. The Morgan fingerprint density at radius 3 is 1.31 bits per heavy atom. The number of unbranched alkanes of at least 4 members (excludes halogenated alkanes) is 2. The van der Waals surface area contributed by atoms with Gasteiger partial charge >= 0.3 is 35.8 Å². The lowest BCUT2D eigenvalue weighted by Gasteiger charge is -2.41. The normalized spacial score (nSPS) is 22.1. The maximum absolute atomic E-state index is 13.4. The molecule has 16 heteroatoms. The largest absolute Gasteiger partial charge is 1.00 e. The van der Waals surface area contributed by atoms with Gasteiger partial charge in [-0.15, -0.1) is 0 Å². The average molecular weight is 1050 g/mol. The zero-order chi connectivity index (χ0) is 41.3. The summed E-state index contributed by atoms with van der Waals surface area (Å²) in [4.78, 5) is 78.1. The fourth-order valence-corrected chi connectivity index (χ4v) is 7.68. The number of halogens is 2. The van der Waals surface area contributed by atoms with E-state index in [0.29, 0.717) is 78.4 Å². The van der Waals surface area contributed by atoms with Crippen LogP contribution in [0.4, 0.5) is 0 Å². The minimum absolute atomic E-state index is 0. The number of hydrogen-bond donors (Lipinski definition) is 0. The fraction of sp³-hybridized carbons (Fsp3) is 0.581. The van der Waals surface area contributed by atoms with Gasteiger partial charge < -0.3 is 85.3 Å². The van der Waals surface area contributed by atoms with E-state index in [9.17, 15) is 28.8 Å². The average Bonchev–Trinajstić information content (AvgIpc) is 3.20.